The highest BCUT2D eigenvalue weighted by atomic mass is 32.2. The van der Waals surface area contributed by atoms with Crippen LogP contribution < -0.4 is 5.32 Å². The summed E-state index contributed by atoms with van der Waals surface area (Å²) in [5, 5.41) is 2.88. The Hall–Kier alpha value is -0.170. The van der Waals surface area contributed by atoms with Gasteiger partial charge in [0.15, 0.2) is 0 Å². The molecule has 0 aliphatic carbocycles. The minimum Gasteiger partial charge on any atom is -0.375 e. The Bertz CT molecular complexity index is 352. The van der Waals surface area contributed by atoms with E-state index in [9.17, 15) is 8.42 Å². The summed E-state index contributed by atoms with van der Waals surface area (Å²) in [6.45, 7) is 6.36. The Balaban J connectivity index is 2.16. The van der Waals surface area contributed by atoms with Crippen LogP contribution in [0.1, 0.15) is 26.7 Å². The molecule has 2 aliphatic rings. The minimum absolute atomic E-state index is 0.00179. The van der Waals surface area contributed by atoms with Gasteiger partial charge in [-0.15, -0.1) is 0 Å². The Kier molecular flexibility index (Phi) is 4.07. The quantitative estimate of drug-likeness (QED) is 0.788. The van der Waals surface area contributed by atoms with Crippen LogP contribution in [0, 0.1) is 0 Å². The van der Waals surface area contributed by atoms with Crippen LogP contribution in [0.25, 0.3) is 0 Å². The lowest BCUT2D eigenvalue weighted by Gasteiger charge is -2.38. The van der Waals surface area contributed by atoms with Crippen LogP contribution in [0.5, 0.6) is 0 Å². The van der Waals surface area contributed by atoms with Crippen LogP contribution in [0.3, 0.4) is 0 Å². The number of sulfonamides is 1. The Morgan fingerprint density at radius 3 is 2.82 bits per heavy atom. The van der Waals surface area contributed by atoms with Gasteiger partial charge in [0.2, 0.25) is 10.0 Å². The molecule has 2 fully saturated rings. The fourth-order valence-electron chi connectivity index (χ4n) is 2.52. The SMILES string of the molecule is CCC1COC(C)CN1S(=O)(=O)C1CCNC1. The molecular formula is C11H22N2O3S. The van der Waals surface area contributed by atoms with Crippen molar-refractivity contribution in [1.82, 2.24) is 9.62 Å². The van der Waals surface area contributed by atoms with Crippen molar-refractivity contribution >= 4 is 10.0 Å². The zero-order valence-corrected chi connectivity index (χ0v) is 11.4. The molecule has 0 bridgehead atoms. The van der Waals surface area contributed by atoms with E-state index in [0.717, 1.165) is 19.4 Å². The Labute approximate surface area is 104 Å². The summed E-state index contributed by atoms with van der Waals surface area (Å²) in [5.74, 6) is 0. The molecular weight excluding hydrogens is 240 g/mol. The molecule has 3 unspecified atom stereocenters. The molecule has 17 heavy (non-hydrogen) atoms. The van der Waals surface area contributed by atoms with Crippen molar-refractivity contribution in [2.45, 2.75) is 44.1 Å². The molecule has 100 valence electrons. The second kappa shape index (κ2) is 5.22. The highest BCUT2D eigenvalue weighted by Gasteiger charge is 2.40. The molecule has 0 amide bonds. The van der Waals surface area contributed by atoms with Crippen LogP contribution >= 0.6 is 0 Å². The molecule has 1 N–H and O–H groups in total. The van der Waals surface area contributed by atoms with Crippen molar-refractivity contribution in [3.8, 4) is 0 Å². The summed E-state index contributed by atoms with van der Waals surface area (Å²) in [6.07, 6.45) is 1.54. The first-order valence-electron chi connectivity index (χ1n) is 6.38. The summed E-state index contributed by atoms with van der Waals surface area (Å²) >= 11 is 0. The van der Waals surface area contributed by atoms with Crippen LogP contribution in [-0.2, 0) is 14.8 Å². The molecule has 5 nitrogen and oxygen atoms in total. The third-order valence-electron chi connectivity index (χ3n) is 3.65. The molecule has 0 aromatic rings. The lowest BCUT2D eigenvalue weighted by Crippen LogP contribution is -2.54. The highest BCUT2D eigenvalue weighted by molar-refractivity contribution is 7.89. The van der Waals surface area contributed by atoms with Gasteiger partial charge in [-0.2, -0.15) is 4.31 Å². The van der Waals surface area contributed by atoms with Crippen molar-refractivity contribution in [2.24, 2.45) is 0 Å². The standard InChI is InChI=1S/C11H22N2O3S/c1-3-10-8-16-9(2)7-13(10)17(14,15)11-4-5-12-6-11/h9-12H,3-8H2,1-2H3. The summed E-state index contributed by atoms with van der Waals surface area (Å²) in [7, 11) is -3.17. The van der Waals surface area contributed by atoms with Gasteiger partial charge in [-0.1, -0.05) is 6.92 Å². The van der Waals surface area contributed by atoms with Crippen LogP contribution in [0.2, 0.25) is 0 Å². The van der Waals surface area contributed by atoms with E-state index in [4.69, 9.17) is 4.74 Å². The summed E-state index contributed by atoms with van der Waals surface area (Å²) in [4.78, 5) is 0. The van der Waals surface area contributed by atoms with E-state index in [-0.39, 0.29) is 17.4 Å². The van der Waals surface area contributed by atoms with E-state index in [1.807, 2.05) is 13.8 Å². The predicted octanol–water partition coefficient (Wildman–Crippen LogP) is 0.177. The molecule has 2 heterocycles. The lowest BCUT2D eigenvalue weighted by atomic mass is 10.2. The zero-order chi connectivity index (χ0) is 12.5. The first-order chi connectivity index (χ1) is 8.05. The first-order valence-corrected chi connectivity index (χ1v) is 7.89. The third-order valence-corrected chi connectivity index (χ3v) is 6.00. The van der Waals surface area contributed by atoms with Gasteiger partial charge in [0.1, 0.15) is 0 Å². The van der Waals surface area contributed by atoms with Crippen molar-refractivity contribution in [1.29, 1.82) is 0 Å². The average molecular weight is 262 g/mol. The molecule has 0 spiro atoms. The lowest BCUT2D eigenvalue weighted by molar-refractivity contribution is -0.0233. The van der Waals surface area contributed by atoms with Crippen LogP contribution in [0.4, 0.5) is 0 Å². The van der Waals surface area contributed by atoms with E-state index in [0.29, 0.717) is 19.7 Å². The van der Waals surface area contributed by atoms with Crippen molar-refractivity contribution in [3.63, 3.8) is 0 Å². The molecule has 0 radical (unpaired) electrons. The fraction of sp³-hybridized carbons (Fsp3) is 1.00. The molecule has 2 aliphatic heterocycles. The van der Waals surface area contributed by atoms with Crippen LogP contribution in [0.15, 0.2) is 0 Å². The van der Waals surface area contributed by atoms with E-state index >= 15 is 0 Å². The normalized spacial score (nSPS) is 36.2. The number of nitrogens with zero attached hydrogens (tertiary/aromatic N) is 1. The number of hydrogen-bond acceptors (Lipinski definition) is 4. The van der Waals surface area contributed by atoms with E-state index in [1.54, 1.807) is 4.31 Å². The number of hydrogen-bond donors (Lipinski definition) is 1. The minimum atomic E-state index is -3.17. The molecule has 6 heteroatoms. The first kappa shape index (κ1) is 13.3. The number of nitrogens with one attached hydrogen (secondary N) is 1. The fourth-order valence-corrected chi connectivity index (χ4v) is 4.69. The van der Waals surface area contributed by atoms with Gasteiger partial charge in [-0.3, -0.25) is 0 Å². The zero-order valence-electron chi connectivity index (χ0n) is 10.6. The number of morpholine rings is 1. The maximum atomic E-state index is 12.5. The highest BCUT2D eigenvalue weighted by Crippen LogP contribution is 2.23. The Morgan fingerprint density at radius 2 is 2.24 bits per heavy atom. The van der Waals surface area contributed by atoms with Crippen molar-refractivity contribution in [2.75, 3.05) is 26.2 Å². The largest absolute Gasteiger partial charge is 0.375 e. The molecule has 0 aromatic heterocycles. The third kappa shape index (κ3) is 2.65. The van der Waals surface area contributed by atoms with Crippen molar-refractivity contribution in [3.05, 3.63) is 0 Å². The summed E-state index contributed by atoms with van der Waals surface area (Å²) in [5.41, 5.74) is 0. The van der Waals surface area contributed by atoms with Crippen molar-refractivity contribution < 1.29 is 13.2 Å². The second-order valence-electron chi connectivity index (χ2n) is 4.94. The molecule has 2 saturated heterocycles. The van der Waals surface area contributed by atoms with Gasteiger partial charge in [0.25, 0.3) is 0 Å². The van der Waals surface area contributed by atoms with E-state index in [1.165, 1.54) is 0 Å². The summed E-state index contributed by atoms with van der Waals surface area (Å²) < 4.78 is 32.3. The van der Waals surface area contributed by atoms with Gasteiger partial charge in [0.05, 0.1) is 18.0 Å². The molecule has 3 atom stereocenters. The summed E-state index contributed by atoms with van der Waals surface area (Å²) in [6, 6.07) is 0.0109. The number of ether oxygens (including phenoxy) is 1. The predicted molar refractivity (Wildman–Crippen MR) is 66.4 cm³/mol. The van der Waals surface area contributed by atoms with Gasteiger partial charge < -0.3 is 10.1 Å². The van der Waals surface area contributed by atoms with Gasteiger partial charge in [-0.05, 0) is 26.3 Å². The molecule has 2 rings (SSSR count). The second-order valence-corrected chi connectivity index (χ2v) is 7.10. The maximum absolute atomic E-state index is 12.5. The average Bonchev–Trinajstić information content (AvgIpc) is 2.83. The van der Waals surface area contributed by atoms with Gasteiger partial charge in [0, 0.05) is 19.1 Å². The molecule has 0 aromatic carbocycles. The monoisotopic (exact) mass is 262 g/mol. The van der Waals surface area contributed by atoms with E-state index < -0.39 is 10.0 Å². The van der Waals surface area contributed by atoms with Gasteiger partial charge in [-0.25, -0.2) is 8.42 Å². The maximum Gasteiger partial charge on any atom is 0.218 e. The molecule has 0 saturated carbocycles. The Morgan fingerprint density at radius 1 is 1.47 bits per heavy atom. The smallest absolute Gasteiger partial charge is 0.218 e. The number of rotatable bonds is 3. The van der Waals surface area contributed by atoms with E-state index in [2.05, 4.69) is 5.32 Å². The van der Waals surface area contributed by atoms with Gasteiger partial charge >= 0.3 is 0 Å². The topological polar surface area (TPSA) is 58.6 Å². The van der Waals surface area contributed by atoms with Crippen LogP contribution in [-0.4, -0.2) is 56.4 Å².